The highest BCUT2D eigenvalue weighted by molar-refractivity contribution is 6.33. The number of carbonyl (C=O) groups excluding carboxylic acids is 1. The second kappa shape index (κ2) is 6.87. The first-order valence-corrected chi connectivity index (χ1v) is 9.21. The molecule has 0 unspecified atom stereocenters. The largest absolute Gasteiger partial charge is 0.451 e. The summed E-state index contributed by atoms with van der Waals surface area (Å²) in [4.78, 5) is 17.1. The van der Waals surface area contributed by atoms with Gasteiger partial charge in [-0.1, -0.05) is 11.6 Å². The first kappa shape index (κ1) is 18.4. The van der Waals surface area contributed by atoms with Crippen molar-refractivity contribution < 1.29 is 22.4 Å². The number of piperidine rings is 1. The van der Waals surface area contributed by atoms with Gasteiger partial charge in [0.1, 0.15) is 5.76 Å². The fraction of sp³-hybridized carbons (Fsp3) is 0.421. The minimum Gasteiger partial charge on any atom is -0.451 e. The molecule has 144 valence electrons. The Morgan fingerprint density at radius 3 is 2.52 bits per heavy atom. The van der Waals surface area contributed by atoms with Crippen molar-refractivity contribution in [2.24, 2.45) is 0 Å². The van der Waals surface area contributed by atoms with Crippen LogP contribution in [0.1, 0.15) is 29.0 Å². The standard InChI is InChI=1S/C19H18ClF3N2O2/c20-15-2-1-12(19(21,22)23)11-14(15)16-3-4-17(27-16)18(26)25-10-9-24-7-5-13(25)6-8-24/h1-4,11,13H,5-10H2. The van der Waals surface area contributed by atoms with E-state index in [0.29, 0.717) is 6.54 Å². The molecule has 8 heteroatoms. The second-order valence-electron chi connectivity index (χ2n) is 6.93. The summed E-state index contributed by atoms with van der Waals surface area (Å²) in [5, 5.41) is 0.137. The normalized spacial score (nSPS) is 22.7. The molecule has 3 fully saturated rings. The van der Waals surface area contributed by atoms with Crippen molar-refractivity contribution in [2.45, 2.75) is 25.1 Å². The maximum atomic E-state index is 13.0. The number of amides is 1. The van der Waals surface area contributed by atoms with Crippen molar-refractivity contribution in [2.75, 3.05) is 26.2 Å². The molecule has 2 bridgehead atoms. The number of hydrogen-bond donors (Lipinski definition) is 0. The van der Waals surface area contributed by atoms with Crippen LogP contribution in [0, 0.1) is 0 Å². The van der Waals surface area contributed by atoms with E-state index in [4.69, 9.17) is 16.0 Å². The summed E-state index contributed by atoms with van der Waals surface area (Å²) in [6.45, 7) is 3.43. The quantitative estimate of drug-likeness (QED) is 0.745. The van der Waals surface area contributed by atoms with Gasteiger partial charge in [-0.15, -0.1) is 0 Å². The smallest absolute Gasteiger partial charge is 0.416 e. The van der Waals surface area contributed by atoms with E-state index in [9.17, 15) is 18.0 Å². The zero-order valence-electron chi connectivity index (χ0n) is 14.4. The number of furan rings is 1. The molecule has 2 aromatic rings. The molecule has 0 atom stereocenters. The van der Waals surface area contributed by atoms with Crippen molar-refractivity contribution >= 4 is 17.5 Å². The van der Waals surface area contributed by atoms with E-state index in [1.165, 1.54) is 18.2 Å². The Balaban J connectivity index is 1.61. The molecule has 1 amide bonds. The van der Waals surface area contributed by atoms with Gasteiger partial charge in [0.2, 0.25) is 0 Å². The van der Waals surface area contributed by atoms with Gasteiger partial charge in [-0.05, 0) is 43.2 Å². The van der Waals surface area contributed by atoms with Crippen molar-refractivity contribution in [3.05, 3.63) is 46.7 Å². The van der Waals surface area contributed by atoms with Crippen LogP contribution < -0.4 is 0 Å². The topological polar surface area (TPSA) is 36.7 Å². The van der Waals surface area contributed by atoms with Gasteiger partial charge >= 0.3 is 6.18 Å². The summed E-state index contributed by atoms with van der Waals surface area (Å²) >= 11 is 6.06. The number of fused-ring (bicyclic) bond motifs is 4. The molecule has 0 saturated carbocycles. The molecule has 1 aromatic carbocycles. The van der Waals surface area contributed by atoms with Crippen molar-refractivity contribution in [3.8, 4) is 11.3 Å². The first-order chi connectivity index (χ1) is 12.8. The monoisotopic (exact) mass is 398 g/mol. The van der Waals surface area contributed by atoms with Gasteiger partial charge < -0.3 is 14.2 Å². The molecule has 0 radical (unpaired) electrons. The van der Waals surface area contributed by atoms with E-state index < -0.39 is 11.7 Å². The van der Waals surface area contributed by atoms with Gasteiger partial charge in [0, 0.05) is 37.8 Å². The average Bonchev–Trinajstić information content (AvgIpc) is 2.93. The third-order valence-electron chi connectivity index (χ3n) is 5.29. The zero-order valence-corrected chi connectivity index (χ0v) is 15.2. The van der Waals surface area contributed by atoms with Crippen LogP contribution in [-0.2, 0) is 6.18 Å². The number of nitrogens with zero attached hydrogens (tertiary/aromatic N) is 2. The van der Waals surface area contributed by atoms with E-state index in [0.717, 1.165) is 44.6 Å². The fourth-order valence-corrected chi connectivity index (χ4v) is 3.99. The summed E-state index contributed by atoms with van der Waals surface area (Å²) < 4.78 is 44.6. The molecule has 0 aliphatic carbocycles. The van der Waals surface area contributed by atoms with E-state index in [-0.39, 0.29) is 34.1 Å². The van der Waals surface area contributed by atoms with E-state index >= 15 is 0 Å². The zero-order chi connectivity index (χ0) is 19.2. The SMILES string of the molecule is O=C(c1ccc(-c2cc(C(F)(F)F)ccc2Cl)o1)N1CCN2CCC1CC2. The van der Waals surface area contributed by atoms with E-state index in [1.54, 1.807) is 0 Å². The van der Waals surface area contributed by atoms with Crippen LogP contribution in [0.15, 0.2) is 34.7 Å². The maximum absolute atomic E-state index is 13.0. The third-order valence-corrected chi connectivity index (χ3v) is 5.62. The van der Waals surface area contributed by atoms with Crippen LogP contribution in [0.2, 0.25) is 5.02 Å². The number of alkyl halides is 3. The Morgan fingerprint density at radius 1 is 1.07 bits per heavy atom. The average molecular weight is 399 g/mol. The summed E-state index contributed by atoms with van der Waals surface area (Å²) in [7, 11) is 0. The highest BCUT2D eigenvalue weighted by Crippen LogP contribution is 2.36. The molecule has 3 aliphatic rings. The van der Waals surface area contributed by atoms with E-state index in [1.807, 2.05) is 4.90 Å². The Labute approximate surface area is 159 Å². The lowest BCUT2D eigenvalue weighted by Crippen LogP contribution is -2.41. The van der Waals surface area contributed by atoms with Crippen LogP contribution in [-0.4, -0.2) is 47.9 Å². The van der Waals surface area contributed by atoms with Crippen molar-refractivity contribution in [3.63, 3.8) is 0 Å². The minimum atomic E-state index is -4.48. The Bertz CT molecular complexity index is 857. The Hall–Kier alpha value is -1.99. The first-order valence-electron chi connectivity index (χ1n) is 8.83. The van der Waals surface area contributed by atoms with E-state index in [2.05, 4.69) is 4.90 Å². The number of rotatable bonds is 2. The molecule has 3 aliphatic heterocycles. The lowest BCUT2D eigenvalue weighted by Gasteiger charge is -2.30. The van der Waals surface area contributed by atoms with Gasteiger partial charge in [-0.25, -0.2) is 0 Å². The van der Waals surface area contributed by atoms with Gasteiger partial charge in [-0.2, -0.15) is 13.2 Å². The Morgan fingerprint density at radius 2 is 1.81 bits per heavy atom. The molecular weight excluding hydrogens is 381 g/mol. The van der Waals surface area contributed by atoms with Crippen molar-refractivity contribution in [1.82, 2.24) is 9.80 Å². The molecule has 27 heavy (non-hydrogen) atoms. The molecule has 1 aromatic heterocycles. The molecular formula is C19H18ClF3N2O2. The van der Waals surface area contributed by atoms with Crippen LogP contribution in [0.25, 0.3) is 11.3 Å². The predicted molar refractivity (Wildman–Crippen MR) is 94.7 cm³/mol. The molecule has 5 rings (SSSR count). The second-order valence-corrected chi connectivity index (χ2v) is 7.33. The molecule has 4 heterocycles. The van der Waals surface area contributed by atoms with Gasteiger partial charge in [0.15, 0.2) is 5.76 Å². The van der Waals surface area contributed by atoms with Crippen LogP contribution in [0.3, 0.4) is 0 Å². The van der Waals surface area contributed by atoms with Gasteiger partial charge in [0.25, 0.3) is 5.91 Å². The lowest BCUT2D eigenvalue weighted by atomic mass is 10.1. The van der Waals surface area contributed by atoms with Crippen molar-refractivity contribution in [1.29, 1.82) is 0 Å². The molecule has 0 spiro atoms. The Kier molecular flexibility index (Phi) is 4.68. The lowest BCUT2D eigenvalue weighted by molar-refractivity contribution is -0.137. The fourth-order valence-electron chi connectivity index (χ4n) is 3.78. The third kappa shape index (κ3) is 3.58. The molecule has 0 N–H and O–H groups in total. The number of halogens is 4. The summed E-state index contributed by atoms with van der Waals surface area (Å²) in [6.07, 6.45) is -2.62. The summed E-state index contributed by atoms with van der Waals surface area (Å²) in [6, 6.07) is 6.23. The van der Waals surface area contributed by atoms with Gasteiger partial charge in [0.05, 0.1) is 10.6 Å². The highest BCUT2D eigenvalue weighted by Gasteiger charge is 2.34. The van der Waals surface area contributed by atoms with Crippen LogP contribution in [0.4, 0.5) is 13.2 Å². The predicted octanol–water partition coefficient (Wildman–Crippen LogP) is 4.54. The molecule has 4 nitrogen and oxygen atoms in total. The number of carbonyl (C=O) groups is 1. The van der Waals surface area contributed by atoms with Crippen LogP contribution in [0.5, 0.6) is 0 Å². The molecule has 3 saturated heterocycles. The summed E-state index contributed by atoms with van der Waals surface area (Å²) in [5.74, 6) is 0.0502. The minimum absolute atomic E-state index is 0.119. The van der Waals surface area contributed by atoms with Crippen LogP contribution >= 0.6 is 11.6 Å². The number of hydrogen-bond acceptors (Lipinski definition) is 3. The maximum Gasteiger partial charge on any atom is 0.416 e. The number of benzene rings is 1. The highest BCUT2D eigenvalue weighted by atomic mass is 35.5. The summed E-state index contributed by atoms with van der Waals surface area (Å²) in [5.41, 5.74) is -0.696. The van der Waals surface area contributed by atoms with Gasteiger partial charge in [-0.3, -0.25) is 4.79 Å².